The lowest BCUT2D eigenvalue weighted by atomic mass is 10.3. The molecule has 0 saturated carbocycles. The number of ether oxygens (including phenoxy) is 1. The number of halogens is 5. The monoisotopic (exact) mass is 255 g/mol. The summed E-state index contributed by atoms with van der Waals surface area (Å²) in [6, 6.07) is 3.53. The zero-order valence-corrected chi connectivity index (χ0v) is 8.73. The van der Waals surface area contributed by atoms with Crippen molar-refractivity contribution in [1.29, 1.82) is 0 Å². The molecule has 0 aliphatic rings. The fourth-order valence-corrected chi connectivity index (χ4v) is 1.01. The number of benzene rings is 1. The van der Waals surface area contributed by atoms with E-state index in [9.17, 15) is 17.6 Å². The first-order chi connectivity index (χ1) is 7.36. The van der Waals surface area contributed by atoms with Gasteiger partial charge in [-0.3, -0.25) is 0 Å². The van der Waals surface area contributed by atoms with E-state index in [1.54, 1.807) is 0 Å². The van der Waals surface area contributed by atoms with Gasteiger partial charge >= 0.3 is 6.18 Å². The zero-order valence-electron chi connectivity index (χ0n) is 7.98. The molecule has 0 amide bonds. The topological polar surface area (TPSA) is 21.6 Å². The normalized spacial score (nSPS) is 12.8. The molecule has 1 rings (SSSR count). The molecule has 0 heterocycles. The molecule has 0 aromatic heterocycles. The van der Waals surface area contributed by atoms with Crippen LogP contribution in [0.25, 0.3) is 0 Å². The minimum atomic E-state index is -4.81. The van der Waals surface area contributed by atoms with Gasteiger partial charge in [0.1, 0.15) is 11.4 Å². The molecule has 1 aromatic carbocycles. The summed E-state index contributed by atoms with van der Waals surface area (Å²) in [5.41, 5.74) is -0.577. The van der Waals surface area contributed by atoms with Crippen LogP contribution >= 0.6 is 11.6 Å². The van der Waals surface area contributed by atoms with Crippen molar-refractivity contribution in [2.24, 2.45) is 4.99 Å². The molecule has 0 spiro atoms. The molecule has 0 atom stereocenters. The van der Waals surface area contributed by atoms with Crippen molar-refractivity contribution in [2.45, 2.75) is 6.18 Å². The van der Waals surface area contributed by atoms with Gasteiger partial charge in [-0.25, -0.2) is 9.38 Å². The molecule has 88 valence electrons. The third kappa shape index (κ3) is 2.85. The van der Waals surface area contributed by atoms with E-state index in [0.29, 0.717) is 0 Å². The van der Waals surface area contributed by atoms with E-state index in [-0.39, 0.29) is 5.75 Å². The lowest BCUT2D eigenvalue weighted by Gasteiger charge is -2.07. The van der Waals surface area contributed by atoms with Crippen molar-refractivity contribution in [3.05, 3.63) is 24.0 Å². The molecule has 0 aliphatic heterocycles. The maximum atomic E-state index is 13.2. The Morgan fingerprint density at radius 3 is 2.50 bits per heavy atom. The van der Waals surface area contributed by atoms with Crippen LogP contribution < -0.4 is 4.74 Å². The van der Waals surface area contributed by atoms with E-state index in [1.165, 1.54) is 19.2 Å². The highest BCUT2D eigenvalue weighted by atomic mass is 35.5. The molecule has 0 N–H and O–H groups in total. The van der Waals surface area contributed by atoms with Gasteiger partial charge in [0.05, 0.1) is 7.11 Å². The van der Waals surface area contributed by atoms with Gasteiger partial charge in [-0.05, 0) is 12.1 Å². The van der Waals surface area contributed by atoms with Crippen LogP contribution in [0.15, 0.2) is 23.2 Å². The van der Waals surface area contributed by atoms with Crippen LogP contribution in [0.5, 0.6) is 5.75 Å². The Labute approximate surface area is 93.5 Å². The summed E-state index contributed by atoms with van der Waals surface area (Å²) in [5, 5.41) is -1.66. The fourth-order valence-electron chi connectivity index (χ4n) is 0.930. The van der Waals surface area contributed by atoms with Crippen LogP contribution in [0.4, 0.5) is 23.2 Å². The van der Waals surface area contributed by atoms with Crippen molar-refractivity contribution < 1.29 is 22.3 Å². The average molecular weight is 256 g/mol. The highest BCUT2D eigenvalue weighted by molar-refractivity contribution is 6.67. The molecule has 16 heavy (non-hydrogen) atoms. The maximum absolute atomic E-state index is 13.2. The maximum Gasteiger partial charge on any atom is 0.444 e. The van der Waals surface area contributed by atoms with Crippen molar-refractivity contribution in [3.63, 3.8) is 0 Å². The summed E-state index contributed by atoms with van der Waals surface area (Å²) >= 11 is 4.90. The standard InChI is InChI=1S/C9H6ClF4NO/c1-16-6-4-2-3-5(11)7(6)15-8(10)9(12,13)14/h2-4H,1H3. The van der Waals surface area contributed by atoms with E-state index in [2.05, 4.69) is 9.73 Å². The molecule has 0 radical (unpaired) electrons. The molecule has 0 aliphatic carbocycles. The number of rotatable bonds is 2. The van der Waals surface area contributed by atoms with E-state index in [4.69, 9.17) is 11.6 Å². The second-order valence-corrected chi connectivity index (χ2v) is 3.05. The fraction of sp³-hybridized carbons (Fsp3) is 0.222. The van der Waals surface area contributed by atoms with Crippen LogP contribution in [0, 0.1) is 5.82 Å². The highest BCUT2D eigenvalue weighted by Crippen LogP contribution is 2.32. The van der Waals surface area contributed by atoms with Crippen LogP contribution in [-0.4, -0.2) is 18.5 Å². The van der Waals surface area contributed by atoms with Crippen molar-refractivity contribution in [3.8, 4) is 5.75 Å². The summed E-state index contributed by atoms with van der Waals surface area (Å²) in [6.45, 7) is 0. The number of para-hydroxylation sites is 1. The minimum Gasteiger partial charge on any atom is -0.494 e. The summed E-state index contributed by atoms with van der Waals surface area (Å²) in [5.74, 6) is -1.07. The molecule has 0 saturated heterocycles. The molecule has 0 fully saturated rings. The van der Waals surface area contributed by atoms with Gasteiger partial charge in [-0.15, -0.1) is 0 Å². The largest absolute Gasteiger partial charge is 0.494 e. The Hall–Kier alpha value is -1.30. The summed E-state index contributed by atoms with van der Waals surface area (Å²) in [7, 11) is 1.19. The molecule has 1 aromatic rings. The first-order valence-electron chi connectivity index (χ1n) is 4.00. The second-order valence-electron chi connectivity index (χ2n) is 2.69. The first-order valence-corrected chi connectivity index (χ1v) is 4.38. The number of aliphatic imine (C=N–C) groups is 1. The van der Waals surface area contributed by atoms with Gasteiger partial charge < -0.3 is 4.74 Å². The smallest absolute Gasteiger partial charge is 0.444 e. The molecule has 0 unspecified atom stereocenters. The highest BCUT2D eigenvalue weighted by Gasteiger charge is 2.35. The van der Waals surface area contributed by atoms with E-state index in [1.807, 2.05) is 0 Å². The predicted octanol–water partition coefficient (Wildman–Crippen LogP) is 3.67. The lowest BCUT2D eigenvalue weighted by Crippen LogP contribution is -2.16. The van der Waals surface area contributed by atoms with Crippen LogP contribution in [0.3, 0.4) is 0 Å². The predicted molar refractivity (Wildman–Crippen MR) is 52.0 cm³/mol. The summed E-state index contributed by atoms with van der Waals surface area (Å²) < 4.78 is 54.1. The van der Waals surface area contributed by atoms with E-state index in [0.717, 1.165) is 6.07 Å². The van der Waals surface area contributed by atoms with Crippen LogP contribution in [0.1, 0.15) is 0 Å². The SMILES string of the molecule is COc1cccc(F)c1N=C(Cl)C(F)(F)F. The third-order valence-corrected chi connectivity index (χ3v) is 1.91. The average Bonchev–Trinajstić information content (AvgIpc) is 2.19. The van der Waals surface area contributed by atoms with E-state index >= 15 is 0 Å². The van der Waals surface area contributed by atoms with E-state index < -0.39 is 22.9 Å². The summed E-state index contributed by atoms with van der Waals surface area (Å²) in [4.78, 5) is 2.96. The van der Waals surface area contributed by atoms with Gasteiger partial charge in [0.2, 0.25) is 5.17 Å². The molecule has 0 bridgehead atoms. The first kappa shape index (κ1) is 12.8. The molecular weight excluding hydrogens is 250 g/mol. The van der Waals surface area contributed by atoms with Gasteiger partial charge in [0.15, 0.2) is 5.82 Å². The molecule has 2 nitrogen and oxygen atoms in total. The number of methoxy groups -OCH3 is 1. The lowest BCUT2D eigenvalue weighted by molar-refractivity contribution is -0.0558. The number of hydrogen-bond acceptors (Lipinski definition) is 2. The number of nitrogens with zero attached hydrogens (tertiary/aromatic N) is 1. The Kier molecular flexibility index (Phi) is 3.74. The Bertz CT molecular complexity index is 416. The zero-order chi connectivity index (χ0) is 12.3. The number of hydrogen-bond donors (Lipinski definition) is 0. The third-order valence-electron chi connectivity index (χ3n) is 1.61. The Morgan fingerprint density at radius 1 is 1.38 bits per heavy atom. The van der Waals surface area contributed by atoms with Crippen molar-refractivity contribution >= 4 is 22.5 Å². The van der Waals surface area contributed by atoms with Crippen LogP contribution in [-0.2, 0) is 0 Å². The summed E-state index contributed by atoms with van der Waals surface area (Å²) in [6.07, 6.45) is -4.81. The van der Waals surface area contributed by atoms with Gasteiger partial charge in [-0.2, -0.15) is 13.2 Å². The Morgan fingerprint density at radius 2 is 2.00 bits per heavy atom. The van der Waals surface area contributed by atoms with Crippen LogP contribution in [0.2, 0.25) is 0 Å². The van der Waals surface area contributed by atoms with Crippen molar-refractivity contribution in [2.75, 3.05) is 7.11 Å². The van der Waals surface area contributed by atoms with Crippen molar-refractivity contribution in [1.82, 2.24) is 0 Å². The molecular formula is C9H6ClF4NO. The Balaban J connectivity index is 3.24. The quantitative estimate of drug-likeness (QED) is 0.584. The second kappa shape index (κ2) is 4.69. The molecule has 7 heteroatoms. The van der Waals surface area contributed by atoms with Gasteiger partial charge in [-0.1, -0.05) is 17.7 Å². The number of alkyl halides is 3. The van der Waals surface area contributed by atoms with Gasteiger partial charge in [0.25, 0.3) is 0 Å². The van der Waals surface area contributed by atoms with Gasteiger partial charge in [0, 0.05) is 0 Å². The minimum absolute atomic E-state index is 0.123.